The van der Waals surface area contributed by atoms with Gasteiger partial charge in [0, 0.05) is 73.3 Å². The van der Waals surface area contributed by atoms with E-state index >= 15 is 4.39 Å². The standard InChI is InChI=1S/C35H32F2N10/c1-47(2)11-10-40-26-14-23(13-25(36)15-26)27-8-9-41-34-31(27)43-35(44-34)32-29-30(37)28(20-42-33(29)46-45-32)24-12-22(18-39-19-24)17-38-16-21-6-4-3-5-7-21/h3-9,12-15,18-20,38,40H,10-11,16-17H2,1-2H3,(H,41,43,44)(H,42,45,46). The Morgan fingerprint density at radius 1 is 0.830 bits per heavy atom. The van der Waals surface area contributed by atoms with Crippen molar-refractivity contribution in [3.8, 4) is 33.8 Å². The molecule has 0 aliphatic rings. The van der Waals surface area contributed by atoms with Crippen molar-refractivity contribution in [2.45, 2.75) is 13.1 Å². The summed E-state index contributed by atoms with van der Waals surface area (Å²) in [4.78, 5) is 23.2. The summed E-state index contributed by atoms with van der Waals surface area (Å²) in [5, 5.41) is 14.0. The molecule has 0 atom stereocenters. The summed E-state index contributed by atoms with van der Waals surface area (Å²) in [7, 11) is 3.96. The summed E-state index contributed by atoms with van der Waals surface area (Å²) in [6.45, 7) is 2.73. The van der Waals surface area contributed by atoms with Gasteiger partial charge in [0.15, 0.2) is 17.1 Å². The molecule has 47 heavy (non-hydrogen) atoms. The minimum atomic E-state index is -0.498. The Labute approximate surface area is 269 Å². The van der Waals surface area contributed by atoms with E-state index in [9.17, 15) is 4.39 Å². The molecule has 0 aliphatic carbocycles. The number of halogens is 2. The number of nitrogens with one attached hydrogen (secondary N) is 4. The molecule has 0 saturated heterocycles. The first kappa shape index (κ1) is 30.1. The van der Waals surface area contributed by atoms with Crippen LogP contribution in [0.25, 0.3) is 56.0 Å². The fourth-order valence-corrected chi connectivity index (χ4v) is 5.54. The van der Waals surface area contributed by atoms with E-state index in [2.05, 4.69) is 57.9 Å². The zero-order valence-electron chi connectivity index (χ0n) is 25.9. The Kier molecular flexibility index (Phi) is 8.34. The fraction of sp³-hybridized carbons (Fsp3) is 0.171. The molecule has 0 bridgehead atoms. The summed E-state index contributed by atoms with van der Waals surface area (Å²) in [5.41, 5.74) is 6.51. The van der Waals surface area contributed by atoms with Crippen LogP contribution in [0.2, 0.25) is 0 Å². The molecule has 0 saturated carbocycles. The molecule has 0 amide bonds. The Morgan fingerprint density at radius 2 is 1.68 bits per heavy atom. The van der Waals surface area contributed by atoms with Gasteiger partial charge < -0.3 is 20.5 Å². The number of H-pyrrole nitrogens is 2. The molecule has 0 unspecified atom stereocenters. The number of aromatic nitrogens is 7. The summed E-state index contributed by atoms with van der Waals surface area (Å²) >= 11 is 0. The van der Waals surface area contributed by atoms with E-state index < -0.39 is 5.82 Å². The molecule has 0 spiro atoms. The highest BCUT2D eigenvalue weighted by Gasteiger charge is 2.21. The number of likely N-dealkylation sites (N-methyl/N-ethyl adjacent to an activating group) is 1. The lowest BCUT2D eigenvalue weighted by Crippen LogP contribution is -2.20. The number of aromatic amines is 2. The molecule has 4 N–H and O–H groups in total. The van der Waals surface area contributed by atoms with Crippen molar-refractivity contribution in [3.05, 3.63) is 108 Å². The maximum atomic E-state index is 16.3. The van der Waals surface area contributed by atoms with Crippen LogP contribution in [-0.4, -0.2) is 67.2 Å². The van der Waals surface area contributed by atoms with E-state index in [4.69, 9.17) is 0 Å². The number of hydrogen-bond acceptors (Lipinski definition) is 8. The zero-order chi connectivity index (χ0) is 32.3. The molecule has 5 heterocycles. The van der Waals surface area contributed by atoms with Crippen LogP contribution in [0.4, 0.5) is 14.5 Å². The summed E-state index contributed by atoms with van der Waals surface area (Å²) in [6, 6.07) is 18.6. The highest BCUT2D eigenvalue weighted by atomic mass is 19.1. The Bertz CT molecular complexity index is 2180. The third kappa shape index (κ3) is 6.41. The number of pyridine rings is 3. The minimum absolute atomic E-state index is 0.189. The quantitative estimate of drug-likeness (QED) is 0.134. The predicted octanol–water partition coefficient (Wildman–Crippen LogP) is 6.17. The Balaban J connectivity index is 1.20. The molecule has 7 rings (SSSR count). The first-order valence-corrected chi connectivity index (χ1v) is 15.2. The smallest absolute Gasteiger partial charge is 0.184 e. The minimum Gasteiger partial charge on any atom is -0.384 e. The first-order valence-electron chi connectivity index (χ1n) is 15.2. The van der Waals surface area contributed by atoms with Crippen molar-refractivity contribution in [2.24, 2.45) is 0 Å². The molecular weight excluding hydrogens is 598 g/mol. The van der Waals surface area contributed by atoms with Gasteiger partial charge in [-0.2, -0.15) is 5.10 Å². The number of benzene rings is 2. The lowest BCUT2D eigenvalue weighted by atomic mass is 10.0. The van der Waals surface area contributed by atoms with Crippen LogP contribution in [0.5, 0.6) is 0 Å². The number of rotatable bonds is 11. The fourth-order valence-electron chi connectivity index (χ4n) is 5.54. The second kappa shape index (κ2) is 13.0. The van der Waals surface area contributed by atoms with E-state index in [0.717, 1.165) is 12.1 Å². The lowest BCUT2D eigenvalue weighted by Gasteiger charge is -2.13. The van der Waals surface area contributed by atoms with E-state index in [1.807, 2.05) is 49.3 Å². The lowest BCUT2D eigenvalue weighted by molar-refractivity contribution is 0.425. The normalized spacial score (nSPS) is 11.6. The second-order valence-electron chi connectivity index (χ2n) is 11.6. The molecule has 0 fully saturated rings. The van der Waals surface area contributed by atoms with Crippen LogP contribution in [0.1, 0.15) is 11.1 Å². The SMILES string of the molecule is CN(C)CCNc1cc(F)cc(-c2ccnc3nc(-c4[nH]nc5ncc(-c6cncc(CNCc7ccccc7)c6)c(F)c45)[nH]c23)c1. The maximum absolute atomic E-state index is 16.3. The maximum Gasteiger partial charge on any atom is 0.184 e. The van der Waals surface area contributed by atoms with Crippen molar-refractivity contribution in [3.63, 3.8) is 0 Å². The molecule has 10 nitrogen and oxygen atoms in total. The van der Waals surface area contributed by atoms with Crippen molar-refractivity contribution >= 4 is 27.9 Å². The molecule has 236 valence electrons. The van der Waals surface area contributed by atoms with Crippen LogP contribution in [-0.2, 0) is 13.1 Å². The van der Waals surface area contributed by atoms with Gasteiger partial charge >= 0.3 is 0 Å². The van der Waals surface area contributed by atoms with Crippen molar-refractivity contribution in [1.82, 2.24) is 45.3 Å². The number of anilines is 1. The van der Waals surface area contributed by atoms with E-state index in [1.165, 1.54) is 23.9 Å². The summed E-state index contributed by atoms with van der Waals surface area (Å²) in [6.07, 6.45) is 6.46. The average Bonchev–Trinajstić information content (AvgIpc) is 3.70. The molecule has 0 aliphatic heterocycles. The van der Waals surface area contributed by atoms with E-state index in [1.54, 1.807) is 24.7 Å². The van der Waals surface area contributed by atoms with Gasteiger partial charge in [-0.1, -0.05) is 30.3 Å². The molecule has 0 radical (unpaired) electrons. The highest BCUT2D eigenvalue weighted by molar-refractivity contribution is 5.96. The van der Waals surface area contributed by atoms with Gasteiger partial charge in [-0.15, -0.1) is 0 Å². The monoisotopic (exact) mass is 630 g/mol. The molecule has 5 aromatic heterocycles. The third-order valence-corrected chi connectivity index (χ3v) is 7.85. The van der Waals surface area contributed by atoms with Crippen LogP contribution in [0.3, 0.4) is 0 Å². The van der Waals surface area contributed by atoms with Gasteiger partial charge in [-0.25, -0.2) is 23.7 Å². The van der Waals surface area contributed by atoms with Gasteiger partial charge in [0.05, 0.1) is 10.9 Å². The van der Waals surface area contributed by atoms with Crippen LogP contribution < -0.4 is 10.6 Å². The number of nitrogens with zero attached hydrogens (tertiary/aromatic N) is 6. The van der Waals surface area contributed by atoms with Gasteiger partial charge in [0.1, 0.15) is 17.3 Å². The molecule has 2 aromatic carbocycles. The molecule has 7 aromatic rings. The molecular formula is C35H32F2N10. The van der Waals surface area contributed by atoms with Gasteiger partial charge in [0.2, 0.25) is 0 Å². The summed E-state index contributed by atoms with van der Waals surface area (Å²) < 4.78 is 31.0. The largest absolute Gasteiger partial charge is 0.384 e. The third-order valence-electron chi connectivity index (χ3n) is 7.85. The van der Waals surface area contributed by atoms with Crippen molar-refractivity contribution < 1.29 is 8.78 Å². The van der Waals surface area contributed by atoms with Gasteiger partial charge in [0.25, 0.3) is 0 Å². The van der Waals surface area contributed by atoms with Gasteiger partial charge in [-0.3, -0.25) is 10.1 Å². The molecule has 12 heteroatoms. The zero-order valence-corrected chi connectivity index (χ0v) is 25.9. The van der Waals surface area contributed by atoms with Crippen LogP contribution in [0.15, 0.2) is 85.5 Å². The number of fused-ring (bicyclic) bond motifs is 2. The average molecular weight is 631 g/mol. The van der Waals surface area contributed by atoms with Crippen LogP contribution >= 0.6 is 0 Å². The number of hydrogen-bond donors (Lipinski definition) is 4. The van der Waals surface area contributed by atoms with Crippen LogP contribution in [0, 0.1) is 11.6 Å². The first-order chi connectivity index (χ1) is 22.9. The Hall–Kier alpha value is -5.59. The predicted molar refractivity (Wildman–Crippen MR) is 179 cm³/mol. The van der Waals surface area contributed by atoms with E-state index in [0.29, 0.717) is 70.3 Å². The topological polar surface area (TPSA) is 123 Å². The Morgan fingerprint density at radius 3 is 2.53 bits per heavy atom. The number of imidazole rings is 1. The van der Waals surface area contributed by atoms with E-state index in [-0.39, 0.29) is 16.9 Å². The summed E-state index contributed by atoms with van der Waals surface area (Å²) in [5.74, 6) is -0.537. The van der Waals surface area contributed by atoms with Crippen molar-refractivity contribution in [2.75, 3.05) is 32.5 Å². The van der Waals surface area contributed by atoms with Gasteiger partial charge in [-0.05, 0) is 61.1 Å². The second-order valence-corrected chi connectivity index (χ2v) is 11.6. The highest BCUT2D eigenvalue weighted by Crippen LogP contribution is 2.35. The van der Waals surface area contributed by atoms with Crippen molar-refractivity contribution in [1.29, 1.82) is 0 Å².